The molecule has 1 saturated heterocycles. The van der Waals surface area contributed by atoms with Gasteiger partial charge in [-0.2, -0.15) is 4.31 Å². The molecule has 1 aliphatic heterocycles. The van der Waals surface area contributed by atoms with E-state index in [0.29, 0.717) is 36.7 Å². The van der Waals surface area contributed by atoms with Crippen LogP contribution < -0.4 is 5.32 Å². The molecule has 0 saturated carbocycles. The maximum Gasteiger partial charge on any atom is 0.253 e. The zero-order chi connectivity index (χ0) is 21.1. The lowest BCUT2D eigenvalue weighted by atomic mass is 10.1. The van der Waals surface area contributed by atoms with Crippen molar-refractivity contribution in [3.05, 3.63) is 71.1 Å². The Morgan fingerprint density at radius 1 is 1.23 bits per heavy atom. The van der Waals surface area contributed by atoms with E-state index in [1.54, 1.807) is 24.7 Å². The number of hydrogen-bond donors (Lipinski definition) is 1. The molecule has 3 heterocycles. The van der Waals surface area contributed by atoms with Crippen LogP contribution in [0.3, 0.4) is 0 Å². The van der Waals surface area contributed by atoms with Gasteiger partial charge in [0.05, 0.1) is 6.33 Å². The Morgan fingerprint density at radius 3 is 2.73 bits per heavy atom. The zero-order valence-corrected chi connectivity index (χ0v) is 18.3. The number of benzene rings is 1. The van der Waals surface area contributed by atoms with Gasteiger partial charge in [-0.1, -0.05) is 24.3 Å². The third-order valence-corrected chi connectivity index (χ3v) is 8.64. The van der Waals surface area contributed by atoms with Crippen LogP contribution in [0.15, 0.2) is 59.3 Å². The van der Waals surface area contributed by atoms with Crippen molar-refractivity contribution >= 4 is 27.3 Å². The van der Waals surface area contributed by atoms with Crippen LogP contribution in [0.4, 0.5) is 0 Å². The van der Waals surface area contributed by atoms with E-state index in [-0.39, 0.29) is 5.91 Å². The molecule has 7 nitrogen and oxygen atoms in total. The Morgan fingerprint density at radius 2 is 2.03 bits per heavy atom. The van der Waals surface area contributed by atoms with Crippen molar-refractivity contribution in [2.75, 3.05) is 6.54 Å². The van der Waals surface area contributed by atoms with E-state index in [1.165, 1.54) is 15.6 Å². The van der Waals surface area contributed by atoms with Crippen molar-refractivity contribution < 1.29 is 13.2 Å². The first-order valence-corrected chi connectivity index (χ1v) is 12.1. The molecule has 1 aliphatic rings. The van der Waals surface area contributed by atoms with Crippen molar-refractivity contribution in [3.8, 4) is 0 Å². The monoisotopic (exact) mass is 444 g/mol. The summed E-state index contributed by atoms with van der Waals surface area (Å²) in [5, 5.41) is 2.95. The van der Waals surface area contributed by atoms with Gasteiger partial charge in [-0.25, -0.2) is 13.4 Å². The van der Waals surface area contributed by atoms with Crippen LogP contribution in [0, 0.1) is 6.92 Å². The predicted octanol–water partition coefficient (Wildman–Crippen LogP) is 2.77. The van der Waals surface area contributed by atoms with Crippen LogP contribution >= 0.6 is 11.3 Å². The molecule has 9 heteroatoms. The van der Waals surface area contributed by atoms with Crippen LogP contribution in [0.2, 0.25) is 0 Å². The van der Waals surface area contributed by atoms with Crippen molar-refractivity contribution in [1.82, 2.24) is 19.2 Å². The van der Waals surface area contributed by atoms with E-state index < -0.39 is 16.1 Å². The third kappa shape index (κ3) is 4.33. The molecule has 1 atom stereocenters. The van der Waals surface area contributed by atoms with Gasteiger partial charge in [-0.15, -0.1) is 11.3 Å². The summed E-state index contributed by atoms with van der Waals surface area (Å²) in [6, 6.07) is 10.6. The van der Waals surface area contributed by atoms with Gasteiger partial charge in [-0.05, 0) is 43.0 Å². The molecular weight excluding hydrogens is 420 g/mol. The van der Waals surface area contributed by atoms with Crippen molar-refractivity contribution in [3.63, 3.8) is 0 Å². The fourth-order valence-corrected chi connectivity index (χ4v) is 6.79. The third-order valence-electron chi connectivity index (χ3n) is 5.27. The van der Waals surface area contributed by atoms with Crippen LogP contribution in [-0.2, 0) is 27.9 Å². The number of sulfonamides is 1. The first kappa shape index (κ1) is 20.8. The zero-order valence-electron chi connectivity index (χ0n) is 16.7. The SMILES string of the molecule is Cc1ccc(S(=O)(=O)N2CCC[C@@H]2C(=O)NCc2ccccc2Cn2ccnc2)s1. The second-order valence-corrected chi connectivity index (χ2v) is 10.8. The molecule has 2 aromatic heterocycles. The lowest BCUT2D eigenvalue weighted by Gasteiger charge is -2.23. The number of rotatable bonds is 7. The number of aryl methyl sites for hydroxylation is 1. The van der Waals surface area contributed by atoms with Crippen LogP contribution in [0.1, 0.15) is 28.8 Å². The van der Waals surface area contributed by atoms with Crippen LogP contribution in [0.5, 0.6) is 0 Å². The summed E-state index contributed by atoms with van der Waals surface area (Å²) in [4.78, 5) is 17.9. The number of nitrogens with zero attached hydrogens (tertiary/aromatic N) is 3. The summed E-state index contributed by atoms with van der Waals surface area (Å²) in [6.07, 6.45) is 6.59. The minimum absolute atomic E-state index is 0.248. The summed E-state index contributed by atoms with van der Waals surface area (Å²) in [5.74, 6) is -0.248. The Labute approximate surface area is 180 Å². The summed E-state index contributed by atoms with van der Waals surface area (Å²) >= 11 is 1.24. The summed E-state index contributed by atoms with van der Waals surface area (Å²) in [6.45, 7) is 3.26. The van der Waals surface area contributed by atoms with E-state index in [1.807, 2.05) is 42.0 Å². The lowest BCUT2D eigenvalue weighted by molar-refractivity contribution is -0.124. The molecule has 0 spiro atoms. The molecule has 0 radical (unpaired) electrons. The molecule has 30 heavy (non-hydrogen) atoms. The summed E-state index contributed by atoms with van der Waals surface area (Å²) in [5.41, 5.74) is 2.08. The Balaban J connectivity index is 1.45. The Kier molecular flexibility index (Phi) is 6.03. The van der Waals surface area contributed by atoms with Crippen LogP contribution in [-0.4, -0.2) is 40.8 Å². The molecule has 0 unspecified atom stereocenters. The minimum Gasteiger partial charge on any atom is -0.351 e. The van der Waals surface area contributed by atoms with E-state index in [9.17, 15) is 13.2 Å². The number of carbonyl (C=O) groups excluding carboxylic acids is 1. The number of nitrogens with one attached hydrogen (secondary N) is 1. The fourth-order valence-electron chi connectivity index (χ4n) is 3.72. The smallest absolute Gasteiger partial charge is 0.253 e. The number of imidazole rings is 1. The molecule has 4 rings (SSSR count). The highest BCUT2D eigenvalue weighted by Crippen LogP contribution is 2.30. The molecule has 1 N–H and O–H groups in total. The molecule has 158 valence electrons. The first-order valence-electron chi connectivity index (χ1n) is 9.83. The highest BCUT2D eigenvalue weighted by molar-refractivity contribution is 7.91. The Bertz CT molecular complexity index is 1120. The number of carbonyl (C=O) groups is 1. The van der Waals surface area contributed by atoms with Crippen molar-refractivity contribution in [2.24, 2.45) is 0 Å². The number of thiophene rings is 1. The van der Waals surface area contributed by atoms with E-state index >= 15 is 0 Å². The van der Waals surface area contributed by atoms with E-state index in [0.717, 1.165) is 16.0 Å². The molecule has 1 fully saturated rings. The highest BCUT2D eigenvalue weighted by Gasteiger charge is 2.39. The molecule has 0 bridgehead atoms. The normalized spacial score (nSPS) is 17.3. The van der Waals surface area contributed by atoms with Gasteiger partial charge in [0.25, 0.3) is 10.0 Å². The molecule has 3 aromatic rings. The average Bonchev–Trinajstić information content (AvgIpc) is 3.49. The fraction of sp³-hybridized carbons (Fsp3) is 0.333. The van der Waals surface area contributed by atoms with E-state index in [4.69, 9.17) is 0 Å². The van der Waals surface area contributed by atoms with Gasteiger partial charge < -0.3 is 9.88 Å². The molecule has 1 aromatic carbocycles. The molecule has 1 amide bonds. The lowest BCUT2D eigenvalue weighted by Crippen LogP contribution is -2.45. The van der Waals surface area contributed by atoms with Crippen molar-refractivity contribution in [1.29, 1.82) is 0 Å². The largest absolute Gasteiger partial charge is 0.351 e. The van der Waals surface area contributed by atoms with E-state index in [2.05, 4.69) is 10.3 Å². The minimum atomic E-state index is -3.66. The average molecular weight is 445 g/mol. The summed E-state index contributed by atoms with van der Waals surface area (Å²) < 4.78 is 29.6. The second kappa shape index (κ2) is 8.71. The first-order chi connectivity index (χ1) is 14.4. The Hall–Kier alpha value is -2.49. The maximum absolute atomic E-state index is 13.0. The molecule has 0 aliphatic carbocycles. The number of hydrogen-bond acceptors (Lipinski definition) is 5. The standard InChI is InChI=1S/C21H24N4O3S2/c1-16-8-9-20(29-16)30(27,28)25-11-4-7-19(25)21(26)23-13-17-5-2-3-6-18(17)14-24-12-10-22-15-24/h2-3,5-6,8-10,12,15,19H,4,7,11,13-14H2,1H3,(H,23,26)/t19-/m1/s1. The van der Waals surface area contributed by atoms with Gasteiger partial charge >= 0.3 is 0 Å². The molecular formula is C21H24N4O3S2. The van der Waals surface area contributed by atoms with Gasteiger partial charge in [0.15, 0.2) is 0 Å². The van der Waals surface area contributed by atoms with Crippen LogP contribution in [0.25, 0.3) is 0 Å². The number of amides is 1. The highest BCUT2D eigenvalue weighted by atomic mass is 32.2. The maximum atomic E-state index is 13.0. The summed E-state index contributed by atoms with van der Waals surface area (Å²) in [7, 11) is -3.66. The number of aromatic nitrogens is 2. The quantitative estimate of drug-likeness (QED) is 0.607. The topological polar surface area (TPSA) is 84.3 Å². The van der Waals surface area contributed by atoms with Gasteiger partial charge in [-0.3, -0.25) is 4.79 Å². The second-order valence-electron chi connectivity index (χ2n) is 7.36. The van der Waals surface area contributed by atoms with Gasteiger partial charge in [0.1, 0.15) is 10.3 Å². The van der Waals surface area contributed by atoms with Crippen molar-refractivity contribution in [2.45, 2.75) is 43.1 Å². The predicted molar refractivity (Wildman–Crippen MR) is 116 cm³/mol. The van der Waals surface area contributed by atoms with Gasteiger partial charge in [0, 0.05) is 36.9 Å². The van der Waals surface area contributed by atoms with Gasteiger partial charge in [0.2, 0.25) is 5.91 Å².